The van der Waals surface area contributed by atoms with E-state index >= 15 is 0 Å². The molecule has 0 bridgehead atoms. The van der Waals surface area contributed by atoms with E-state index in [0.29, 0.717) is 10.7 Å². The first kappa shape index (κ1) is 19.1. The van der Waals surface area contributed by atoms with Crippen molar-refractivity contribution >= 4 is 32.9 Å². The molecule has 0 aliphatic heterocycles. The SMILES string of the molecule is CSCC[C@@H](C(=O)O)N(CP(=O)(O)O)CP(=O)(O)O. The molecule has 0 unspecified atom stereocenters. The van der Waals surface area contributed by atoms with E-state index in [0.717, 1.165) is 0 Å². The van der Waals surface area contributed by atoms with Crippen molar-refractivity contribution < 1.29 is 38.6 Å². The van der Waals surface area contributed by atoms with Crippen LogP contribution >= 0.6 is 27.0 Å². The maximum absolute atomic E-state index is 11.1. The summed E-state index contributed by atoms with van der Waals surface area (Å²) >= 11 is 1.32. The molecule has 1 atom stereocenters. The molecular formula is C7H17NO8P2S. The maximum atomic E-state index is 11.1. The van der Waals surface area contributed by atoms with Crippen LogP contribution in [0.2, 0.25) is 0 Å². The van der Waals surface area contributed by atoms with Gasteiger partial charge in [-0.2, -0.15) is 11.8 Å². The molecule has 0 heterocycles. The summed E-state index contributed by atoms with van der Waals surface area (Å²) in [5.74, 6) is -0.994. The van der Waals surface area contributed by atoms with Crippen molar-refractivity contribution in [2.75, 3.05) is 24.6 Å². The van der Waals surface area contributed by atoms with Crippen molar-refractivity contribution in [2.45, 2.75) is 12.5 Å². The Kier molecular flexibility index (Phi) is 7.79. The Labute approximate surface area is 114 Å². The number of carboxylic acid groups (broad SMARTS) is 1. The van der Waals surface area contributed by atoms with E-state index in [9.17, 15) is 13.9 Å². The molecule has 0 aromatic rings. The Morgan fingerprint density at radius 2 is 1.58 bits per heavy atom. The lowest BCUT2D eigenvalue weighted by Gasteiger charge is -2.28. The highest BCUT2D eigenvalue weighted by atomic mass is 32.2. The average Bonchev–Trinajstić information content (AvgIpc) is 2.12. The molecule has 0 aliphatic carbocycles. The highest BCUT2D eigenvalue weighted by Crippen LogP contribution is 2.42. The molecule has 0 amide bonds. The average molecular weight is 337 g/mol. The summed E-state index contributed by atoms with van der Waals surface area (Å²) in [6.45, 7) is 0. The zero-order chi connectivity index (χ0) is 15.3. The molecule has 0 aliphatic rings. The van der Waals surface area contributed by atoms with Gasteiger partial charge in [-0.05, 0) is 18.4 Å². The van der Waals surface area contributed by atoms with Gasteiger partial charge in [0.1, 0.15) is 18.6 Å². The minimum atomic E-state index is -4.62. The van der Waals surface area contributed by atoms with Gasteiger partial charge in [0.05, 0.1) is 0 Å². The van der Waals surface area contributed by atoms with E-state index in [1.54, 1.807) is 6.26 Å². The Morgan fingerprint density at radius 1 is 1.16 bits per heavy atom. The van der Waals surface area contributed by atoms with Crippen molar-refractivity contribution in [1.82, 2.24) is 4.90 Å². The van der Waals surface area contributed by atoms with E-state index in [1.165, 1.54) is 11.8 Å². The molecular weight excluding hydrogens is 320 g/mol. The van der Waals surface area contributed by atoms with Crippen molar-refractivity contribution in [3.8, 4) is 0 Å². The smallest absolute Gasteiger partial charge is 0.339 e. The van der Waals surface area contributed by atoms with Gasteiger partial charge in [-0.15, -0.1) is 0 Å². The van der Waals surface area contributed by atoms with Crippen LogP contribution in [0.1, 0.15) is 6.42 Å². The maximum Gasteiger partial charge on any atom is 0.339 e. The van der Waals surface area contributed by atoms with Crippen LogP contribution < -0.4 is 0 Å². The quantitative estimate of drug-likeness (QED) is 0.356. The number of hydrogen-bond donors (Lipinski definition) is 5. The van der Waals surface area contributed by atoms with Gasteiger partial charge in [0.15, 0.2) is 0 Å². The molecule has 0 rings (SSSR count). The predicted molar refractivity (Wildman–Crippen MR) is 70.1 cm³/mol. The van der Waals surface area contributed by atoms with Crippen LogP contribution in [-0.4, -0.2) is 66.2 Å². The fourth-order valence-electron chi connectivity index (χ4n) is 1.41. The van der Waals surface area contributed by atoms with E-state index < -0.39 is 39.8 Å². The van der Waals surface area contributed by atoms with Gasteiger partial charge in [-0.3, -0.25) is 18.8 Å². The lowest BCUT2D eigenvalue weighted by molar-refractivity contribution is -0.142. The summed E-state index contributed by atoms with van der Waals surface area (Å²) in [5.41, 5.74) is 0. The van der Waals surface area contributed by atoms with Gasteiger partial charge >= 0.3 is 21.2 Å². The van der Waals surface area contributed by atoms with Gasteiger partial charge in [-0.1, -0.05) is 0 Å². The minimum absolute atomic E-state index is 0.0243. The van der Waals surface area contributed by atoms with E-state index in [1.807, 2.05) is 0 Å². The topological polar surface area (TPSA) is 156 Å². The summed E-state index contributed by atoms with van der Waals surface area (Å²) in [6.07, 6.45) is -0.279. The third-order valence-corrected chi connectivity index (χ3v) is 4.16. The number of nitrogens with zero attached hydrogens (tertiary/aromatic N) is 1. The first-order valence-electron chi connectivity index (χ1n) is 5.01. The largest absolute Gasteiger partial charge is 0.480 e. The van der Waals surface area contributed by atoms with Gasteiger partial charge in [-0.25, -0.2) is 0 Å². The molecule has 0 aromatic carbocycles. The second kappa shape index (κ2) is 7.75. The summed E-state index contributed by atoms with van der Waals surface area (Å²) < 4.78 is 21.9. The molecule has 114 valence electrons. The van der Waals surface area contributed by atoms with Gasteiger partial charge in [0, 0.05) is 0 Å². The highest BCUT2D eigenvalue weighted by molar-refractivity contribution is 7.98. The monoisotopic (exact) mass is 337 g/mol. The third-order valence-electron chi connectivity index (χ3n) is 2.05. The van der Waals surface area contributed by atoms with Gasteiger partial charge < -0.3 is 24.7 Å². The normalized spacial score (nSPS) is 14.6. The number of rotatable bonds is 9. The zero-order valence-electron chi connectivity index (χ0n) is 10.1. The fourth-order valence-corrected chi connectivity index (χ4v) is 3.56. The van der Waals surface area contributed by atoms with Crippen molar-refractivity contribution in [1.29, 1.82) is 0 Å². The molecule has 0 aromatic heterocycles. The second-order valence-corrected chi connectivity index (χ2v) is 8.05. The van der Waals surface area contributed by atoms with Crippen LogP contribution in [0.3, 0.4) is 0 Å². The third kappa shape index (κ3) is 9.59. The molecule has 12 heteroatoms. The van der Waals surface area contributed by atoms with Crippen LogP contribution in [0, 0.1) is 0 Å². The van der Waals surface area contributed by atoms with E-state index in [-0.39, 0.29) is 6.42 Å². The van der Waals surface area contributed by atoms with Crippen molar-refractivity contribution in [3.05, 3.63) is 0 Å². The van der Waals surface area contributed by atoms with Gasteiger partial charge in [0.25, 0.3) is 0 Å². The first-order valence-corrected chi connectivity index (χ1v) is 10.00. The van der Waals surface area contributed by atoms with E-state index in [2.05, 4.69) is 0 Å². The van der Waals surface area contributed by atoms with Gasteiger partial charge in [0.2, 0.25) is 0 Å². The number of thioether (sulfide) groups is 1. The predicted octanol–water partition coefficient (Wildman–Crippen LogP) is -0.235. The molecule has 5 N–H and O–H groups in total. The Hall–Kier alpha value is 0.0800. The lowest BCUT2D eigenvalue weighted by Crippen LogP contribution is -2.42. The Morgan fingerprint density at radius 3 is 1.84 bits per heavy atom. The molecule has 0 radical (unpaired) electrons. The van der Waals surface area contributed by atoms with Crippen molar-refractivity contribution in [3.63, 3.8) is 0 Å². The highest BCUT2D eigenvalue weighted by Gasteiger charge is 2.34. The standard InChI is InChI=1S/C7H17NO8P2S/c1-19-3-2-6(7(9)10)8(4-17(11,12)13)5-18(14,15)16/h6H,2-5H2,1H3,(H,9,10)(H2,11,12,13)(H2,14,15,16)/t6-/m0/s1. The number of carbonyl (C=O) groups is 1. The summed E-state index contributed by atoms with van der Waals surface area (Å²) in [5, 5.41) is 9.01. The van der Waals surface area contributed by atoms with E-state index in [4.69, 9.17) is 24.7 Å². The number of hydrogen-bond acceptors (Lipinski definition) is 5. The number of aliphatic carboxylic acids is 1. The molecule has 0 saturated carbocycles. The lowest BCUT2D eigenvalue weighted by atomic mass is 10.2. The van der Waals surface area contributed by atoms with Crippen LogP contribution in [0.4, 0.5) is 0 Å². The Bertz CT molecular complexity index is 369. The van der Waals surface area contributed by atoms with Crippen LogP contribution in [-0.2, 0) is 13.9 Å². The van der Waals surface area contributed by atoms with Crippen LogP contribution in [0.25, 0.3) is 0 Å². The van der Waals surface area contributed by atoms with Crippen LogP contribution in [0.15, 0.2) is 0 Å². The molecule has 0 saturated heterocycles. The summed E-state index contributed by atoms with van der Waals surface area (Å²) in [4.78, 5) is 47.1. The molecule has 19 heavy (non-hydrogen) atoms. The Balaban J connectivity index is 5.09. The van der Waals surface area contributed by atoms with Crippen molar-refractivity contribution in [2.24, 2.45) is 0 Å². The molecule has 0 fully saturated rings. The fraction of sp³-hybridized carbons (Fsp3) is 0.857. The summed E-state index contributed by atoms with van der Waals surface area (Å²) in [6, 6.07) is -1.35. The molecule has 0 spiro atoms. The first-order chi connectivity index (χ1) is 8.46. The number of carboxylic acids is 1. The minimum Gasteiger partial charge on any atom is -0.480 e. The van der Waals surface area contributed by atoms with Crippen LogP contribution in [0.5, 0.6) is 0 Å². The second-order valence-electron chi connectivity index (χ2n) is 3.84. The molecule has 9 nitrogen and oxygen atoms in total. The summed E-state index contributed by atoms with van der Waals surface area (Å²) in [7, 11) is -9.24. The zero-order valence-corrected chi connectivity index (χ0v) is 12.7.